The molecule has 9 heteroatoms. The summed E-state index contributed by atoms with van der Waals surface area (Å²) in [6, 6.07) is 6.13. The number of nitrogens with two attached hydrogens (primary N) is 1. The predicted octanol–water partition coefficient (Wildman–Crippen LogP) is 3.93. The lowest BCUT2D eigenvalue weighted by Crippen LogP contribution is -2.28. The van der Waals surface area contributed by atoms with Gasteiger partial charge < -0.3 is 10.3 Å². The Labute approximate surface area is 157 Å². The standard InChI is InChI=1S/C19H16F4N4O/c20-12-6-4-10(5-7-12)15(16(24)28)18-26-14-8-11(19(21,22)23)9-25-17(14)27(18)13-2-1-3-13/h4-9,13,15H,1-3H2,(H2,24,28). The van der Waals surface area contributed by atoms with Crippen LogP contribution in [-0.4, -0.2) is 20.4 Å². The molecule has 0 saturated heterocycles. The molecule has 1 saturated carbocycles. The third kappa shape index (κ3) is 3.10. The molecule has 0 bridgehead atoms. The number of amides is 1. The fraction of sp³-hybridized carbons (Fsp3) is 0.316. The molecule has 1 aromatic carbocycles. The summed E-state index contributed by atoms with van der Waals surface area (Å²) in [5, 5.41) is 0. The summed E-state index contributed by atoms with van der Waals surface area (Å²) in [5.74, 6) is -2.00. The zero-order valence-corrected chi connectivity index (χ0v) is 14.6. The number of carbonyl (C=O) groups is 1. The van der Waals surface area contributed by atoms with Crippen molar-refractivity contribution in [3.05, 3.63) is 59.3 Å². The first-order valence-electron chi connectivity index (χ1n) is 8.75. The lowest BCUT2D eigenvalue weighted by atomic mass is 9.91. The highest BCUT2D eigenvalue weighted by atomic mass is 19.4. The Hall–Kier alpha value is -2.97. The number of carbonyl (C=O) groups excluding carboxylic acids is 1. The number of aromatic nitrogens is 3. The minimum Gasteiger partial charge on any atom is -0.369 e. The van der Waals surface area contributed by atoms with Gasteiger partial charge in [-0.15, -0.1) is 0 Å². The number of rotatable bonds is 4. The van der Waals surface area contributed by atoms with Crippen molar-refractivity contribution < 1.29 is 22.4 Å². The van der Waals surface area contributed by atoms with Crippen molar-refractivity contribution in [3.63, 3.8) is 0 Å². The van der Waals surface area contributed by atoms with Gasteiger partial charge in [0, 0.05) is 12.2 Å². The number of imidazole rings is 1. The maximum Gasteiger partial charge on any atom is 0.417 e. The van der Waals surface area contributed by atoms with E-state index in [0.717, 1.165) is 31.5 Å². The average molecular weight is 392 g/mol. The summed E-state index contributed by atoms with van der Waals surface area (Å²) >= 11 is 0. The normalized spacial score (nSPS) is 16.1. The van der Waals surface area contributed by atoms with E-state index >= 15 is 0 Å². The van der Waals surface area contributed by atoms with Gasteiger partial charge in [-0.2, -0.15) is 13.2 Å². The van der Waals surface area contributed by atoms with Crippen molar-refractivity contribution in [2.45, 2.75) is 37.4 Å². The first-order valence-corrected chi connectivity index (χ1v) is 8.75. The Morgan fingerprint density at radius 3 is 2.43 bits per heavy atom. The first kappa shape index (κ1) is 18.4. The van der Waals surface area contributed by atoms with Gasteiger partial charge in [0.1, 0.15) is 23.1 Å². The number of halogens is 4. The Balaban J connectivity index is 1.92. The van der Waals surface area contributed by atoms with Crippen molar-refractivity contribution in [1.82, 2.24) is 14.5 Å². The molecule has 0 radical (unpaired) electrons. The predicted molar refractivity (Wildman–Crippen MR) is 92.9 cm³/mol. The third-order valence-electron chi connectivity index (χ3n) is 5.07. The molecule has 0 aliphatic heterocycles. The molecular formula is C19H16F4N4O. The molecule has 5 nitrogen and oxygen atoms in total. The zero-order chi connectivity index (χ0) is 20.1. The smallest absolute Gasteiger partial charge is 0.369 e. The van der Waals surface area contributed by atoms with E-state index in [-0.39, 0.29) is 23.0 Å². The minimum atomic E-state index is -4.55. The van der Waals surface area contributed by atoms with Crippen LogP contribution in [0.1, 0.15) is 48.2 Å². The molecule has 2 aromatic heterocycles. The number of nitrogens with zero attached hydrogens (tertiary/aromatic N) is 3. The Bertz CT molecular complexity index is 1040. The van der Waals surface area contributed by atoms with Crippen LogP contribution in [0.25, 0.3) is 11.2 Å². The van der Waals surface area contributed by atoms with Crippen LogP contribution in [0.5, 0.6) is 0 Å². The van der Waals surface area contributed by atoms with Gasteiger partial charge in [-0.1, -0.05) is 12.1 Å². The van der Waals surface area contributed by atoms with E-state index in [2.05, 4.69) is 9.97 Å². The number of fused-ring (bicyclic) bond motifs is 1. The SMILES string of the molecule is NC(=O)C(c1ccc(F)cc1)c1nc2cc(C(F)(F)F)cnc2n1C1CCC1. The molecule has 1 atom stereocenters. The highest BCUT2D eigenvalue weighted by Gasteiger charge is 2.35. The van der Waals surface area contributed by atoms with Gasteiger partial charge in [-0.3, -0.25) is 4.79 Å². The molecule has 28 heavy (non-hydrogen) atoms. The molecule has 1 fully saturated rings. The molecule has 146 valence electrons. The quantitative estimate of drug-likeness (QED) is 0.684. The van der Waals surface area contributed by atoms with Crippen LogP contribution in [-0.2, 0) is 11.0 Å². The van der Waals surface area contributed by atoms with Crippen LogP contribution in [0.4, 0.5) is 17.6 Å². The van der Waals surface area contributed by atoms with E-state index in [0.29, 0.717) is 5.56 Å². The van der Waals surface area contributed by atoms with Gasteiger partial charge in [-0.05, 0) is 43.0 Å². The van der Waals surface area contributed by atoms with Crippen molar-refractivity contribution in [1.29, 1.82) is 0 Å². The molecule has 1 aliphatic rings. The number of alkyl halides is 3. The van der Waals surface area contributed by atoms with Crippen molar-refractivity contribution >= 4 is 17.1 Å². The summed E-state index contributed by atoms with van der Waals surface area (Å²) < 4.78 is 54.2. The number of primary amides is 1. The van der Waals surface area contributed by atoms with Gasteiger partial charge in [0.2, 0.25) is 5.91 Å². The van der Waals surface area contributed by atoms with Crippen LogP contribution >= 0.6 is 0 Å². The monoisotopic (exact) mass is 392 g/mol. The maximum absolute atomic E-state index is 13.3. The molecule has 2 heterocycles. The number of hydrogen-bond donors (Lipinski definition) is 1. The average Bonchev–Trinajstić information content (AvgIpc) is 2.92. The highest BCUT2D eigenvalue weighted by molar-refractivity contribution is 5.86. The zero-order valence-electron chi connectivity index (χ0n) is 14.6. The van der Waals surface area contributed by atoms with E-state index in [4.69, 9.17) is 5.73 Å². The highest BCUT2D eigenvalue weighted by Crippen LogP contribution is 2.39. The second kappa shape index (κ2) is 6.57. The summed E-state index contributed by atoms with van der Waals surface area (Å²) in [6.07, 6.45) is -1.23. The van der Waals surface area contributed by atoms with Crippen LogP contribution in [0.2, 0.25) is 0 Å². The molecule has 1 amide bonds. The van der Waals surface area contributed by atoms with E-state index in [1.807, 2.05) is 0 Å². The Morgan fingerprint density at radius 2 is 1.89 bits per heavy atom. The van der Waals surface area contributed by atoms with Gasteiger partial charge in [0.25, 0.3) is 0 Å². The molecule has 1 aliphatic carbocycles. The van der Waals surface area contributed by atoms with Crippen LogP contribution in [0, 0.1) is 5.82 Å². The first-order chi connectivity index (χ1) is 13.3. The largest absolute Gasteiger partial charge is 0.417 e. The molecule has 3 aromatic rings. The minimum absolute atomic E-state index is 0.0217. The second-order valence-corrected chi connectivity index (χ2v) is 6.88. The van der Waals surface area contributed by atoms with Crippen molar-refractivity contribution in [3.8, 4) is 0 Å². The Kier molecular flexibility index (Phi) is 4.32. The number of pyridine rings is 1. The second-order valence-electron chi connectivity index (χ2n) is 6.88. The van der Waals surface area contributed by atoms with Gasteiger partial charge >= 0.3 is 6.18 Å². The van der Waals surface area contributed by atoms with Crippen molar-refractivity contribution in [2.75, 3.05) is 0 Å². The molecule has 0 spiro atoms. The van der Waals surface area contributed by atoms with E-state index in [1.165, 1.54) is 24.3 Å². The summed E-state index contributed by atoms with van der Waals surface area (Å²) in [4.78, 5) is 20.5. The fourth-order valence-corrected chi connectivity index (χ4v) is 3.46. The van der Waals surface area contributed by atoms with E-state index in [1.54, 1.807) is 4.57 Å². The topological polar surface area (TPSA) is 73.8 Å². The van der Waals surface area contributed by atoms with Crippen LogP contribution < -0.4 is 5.73 Å². The van der Waals surface area contributed by atoms with E-state index in [9.17, 15) is 22.4 Å². The Morgan fingerprint density at radius 1 is 1.21 bits per heavy atom. The van der Waals surface area contributed by atoms with E-state index < -0.39 is 29.4 Å². The molecule has 2 N–H and O–H groups in total. The number of benzene rings is 1. The molecule has 1 unspecified atom stereocenters. The lowest BCUT2D eigenvalue weighted by molar-refractivity contribution is -0.137. The number of hydrogen-bond acceptors (Lipinski definition) is 3. The maximum atomic E-state index is 13.3. The summed E-state index contributed by atoms with van der Waals surface area (Å²) in [5.41, 5.74) is 5.43. The van der Waals surface area contributed by atoms with Gasteiger partial charge in [-0.25, -0.2) is 14.4 Å². The molecular weight excluding hydrogens is 376 g/mol. The fourth-order valence-electron chi connectivity index (χ4n) is 3.46. The van der Waals surface area contributed by atoms with Crippen molar-refractivity contribution in [2.24, 2.45) is 5.73 Å². The lowest BCUT2D eigenvalue weighted by Gasteiger charge is -2.30. The van der Waals surface area contributed by atoms with Gasteiger partial charge in [0.05, 0.1) is 5.56 Å². The molecule has 4 rings (SSSR count). The van der Waals surface area contributed by atoms with Crippen LogP contribution in [0.3, 0.4) is 0 Å². The third-order valence-corrected chi connectivity index (χ3v) is 5.07. The van der Waals surface area contributed by atoms with Crippen LogP contribution in [0.15, 0.2) is 36.5 Å². The van der Waals surface area contributed by atoms with Gasteiger partial charge in [0.15, 0.2) is 5.65 Å². The summed E-state index contributed by atoms with van der Waals surface area (Å²) in [6.45, 7) is 0. The summed E-state index contributed by atoms with van der Waals surface area (Å²) in [7, 11) is 0.